The Labute approximate surface area is 190 Å². The summed E-state index contributed by atoms with van der Waals surface area (Å²) in [6.45, 7) is 9.07. The number of nitrogens with zero attached hydrogens (tertiary/aromatic N) is 6. The lowest BCUT2D eigenvalue weighted by molar-refractivity contribution is 0.391. The summed E-state index contributed by atoms with van der Waals surface area (Å²) in [6.07, 6.45) is 0. The molecule has 0 saturated carbocycles. The zero-order valence-electron chi connectivity index (χ0n) is 18.3. The third kappa shape index (κ3) is 4.67. The summed E-state index contributed by atoms with van der Waals surface area (Å²) < 4.78 is 20.5. The predicted octanol–water partition coefficient (Wildman–Crippen LogP) is 5.29. The molecule has 4 rings (SSSR count). The second kappa shape index (κ2) is 9.95. The number of rotatable bonds is 9. The predicted molar refractivity (Wildman–Crippen MR) is 124 cm³/mol. The number of thioether (sulfide) groups is 1. The molecule has 32 heavy (non-hydrogen) atoms. The molecule has 0 aliphatic rings. The molecule has 0 saturated heterocycles. The van der Waals surface area contributed by atoms with Gasteiger partial charge in [-0.2, -0.15) is 4.98 Å². The van der Waals surface area contributed by atoms with Crippen molar-refractivity contribution in [1.82, 2.24) is 24.9 Å². The van der Waals surface area contributed by atoms with Gasteiger partial charge in [0.15, 0.2) is 11.0 Å². The normalized spacial score (nSPS) is 11.1. The van der Waals surface area contributed by atoms with E-state index in [1.165, 1.54) is 29.6 Å². The van der Waals surface area contributed by atoms with E-state index in [1.54, 1.807) is 12.1 Å². The van der Waals surface area contributed by atoms with E-state index in [0.717, 1.165) is 36.2 Å². The summed E-state index contributed by atoms with van der Waals surface area (Å²) in [5.41, 5.74) is 2.93. The molecule has 0 radical (unpaired) electrons. The highest BCUT2D eigenvalue weighted by atomic mass is 32.2. The van der Waals surface area contributed by atoms with E-state index < -0.39 is 0 Å². The summed E-state index contributed by atoms with van der Waals surface area (Å²) >= 11 is 1.49. The van der Waals surface area contributed by atoms with Gasteiger partial charge in [0.2, 0.25) is 11.7 Å². The average Bonchev–Trinajstić information content (AvgIpc) is 3.46. The van der Waals surface area contributed by atoms with Gasteiger partial charge in [0.25, 0.3) is 0 Å². The standard InChI is InChI=1S/C23H25FN6OS/c1-4-29(5-2)19-13-9-17(10-14-19)22-26-27-23(30(22)6-3)32-15-20-25-21(28-31-20)16-7-11-18(24)12-8-16/h7-14H,4-6,15H2,1-3H3. The highest BCUT2D eigenvalue weighted by molar-refractivity contribution is 7.98. The average molecular weight is 453 g/mol. The van der Waals surface area contributed by atoms with Gasteiger partial charge in [0.1, 0.15) is 5.82 Å². The lowest BCUT2D eigenvalue weighted by Crippen LogP contribution is -2.21. The van der Waals surface area contributed by atoms with Gasteiger partial charge >= 0.3 is 0 Å². The SMILES string of the molecule is CCN(CC)c1ccc(-c2nnc(SCc3nc(-c4ccc(F)cc4)no3)n2CC)cc1. The first kappa shape index (κ1) is 22.0. The van der Waals surface area contributed by atoms with Gasteiger partial charge in [0, 0.05) is 36.4 Å². The van der Waals surface area contributed by atoms with Crippen molar-refractivity contribution in [1.29, 1.82) is 0 Å². The lowest BCUT2D eigenvalue weighted by atomic mass is 10.2. The van der Waals surface area contributed by atoms with Crippen LogP contribution >= 0.6 is 11.8 Å². The van der Waals surface area contributed by atoms with Crippen LogP contribution in [0.3, 0.4) is 0 Å². The van der Waals surface area contributed by atoms with Gasteiger partial charge < -0.3 is 14.0 Å². The molecule has 0 aliphatic carbocycles. The second-order valence-electron chi connectivity index (χ2n) is 7.08. The molecule has 0 atom stereocenters. The third-order valence-corrected chi connectivity index (χ3v) is 6.13. The van der Waals surface area contributed by atoms with Crippen LogP contribution in [0.4, 0.5) is 10.1 Å². The van der Waals surface area contributed by atoms with E-state index >= 15 is 0 Å². The molecule has 0 aliphatic heterocycles. The Bertz CT molecular complexity index is 1150. The Kier molecular flexibility index (Phi) is 6.84. The first-order valence-electron chi connectivity index (χ1n) is 10.6. The van der Waals surface area contributed by atoms with Gasteiger partial charge in [0.05, 0.1) is 5.75 Å². The molecule has 0 N–H and O–H groups in total. The minimum atomic E-state index is -0.301. The van der Waals surface area contributed by atoms with Crippen LogP contribution in [0.25, 0.3) is 22.8 Å². The van der Waals surface area contributed by atoms with Gasteiger partial charge in [-0.1, -0.05) is 16.9 Å². The Morgan fingerprint density at radius 3 is 2.28 bits per heavy atom. The van der Waals surface area contributed by atoms with Crippen LogP contribution in [0.2, 0.25) is 0 Å². The maximum absolute atomic E-state index is 13.1. The first-order valence-corrected chi connectivity index (χ1v) is 11.6. The van der Waals surface area contributed by atoms with E-state index in [2.05, 4.69) is 74.8 Å². The number of anilines is 1. The van der Waals surface area contributed by atoms with E-state index in [1.807, 2.05) is 0 Å². The third-order valence-electron chi connectivity index (χ3n) is 5.18. The Morgan fingerprint density at radius 2 is 1.62 bits per heavy atom. The summed E-state index contributed by atoms with van der Waals surface area (Å²) in [5.74, 6) is 1.91. The van der Waals surface area contributed by atoms with Gasteiger partial charge in [-0.15, -0.1) is 10.2 Å². The number of halogens is 1. The highest BCUT2D eigenvalue weighted by Gasteiger charge is 2.16. The molecule has 166 valence electrons. The van der Waals surface area contributed by atoms with Crippen LogP contribution in [0.1, 0.15) is 26.7 Å². The van der Waals surface area contributed by atoms with Gasteiger partial charge in [-0.25, -0.2) is 4.39 Å². The molecule has 7 nitrogen and oxygen atoms in total. The molecular weight excluding hydrogens is 427 g/mol. The highest BCUT2D eigenvalue weighted by Crippen LogP contribution is 2.28. The molecule has 2 heterocycles. The fourth-order valence-electron chi connectivity index (χ4n) is 3.46. The molecule has 0 spiro atoms. The second-order valence-corrected chi connectivity index (χ2v) is 8.02. The molecule has 0 fully saturated rings. The molecule has 0 unspecified atom stereocenters. The molecule has 0 bridgehead atoms. The minimum Gasteiger partial charge on any atom is -0.372 e. The van der Waals surface area contributed by atoms with E-state index in [4.69, 9.17) is 4.52 Å². The summed E-state index contributed by atoms with van der Waals surface area (Å²) in [5, 5.41) is 13.6. The van der Waals surface area contributed by atoms with Crippen molar-refractivity contribution < 1.29 is 8.91 Å². The van der Waals surface area contributed by atoms with Crippen LogP contribution in [0.5, 0.6) is 0 Å². The van der Waals surface area contributed by atoms with Crippen LogP contribution < -0.4 is 4.90 Å². The van der Waals surface area contributed by atoms with Crippen molar-refractivity contribution in [2.24, 2.45) is 0 Å². The number of hydrogen-bond donors (Lipinski definition) is 0. The molecule has 4 aromatic rings. The molecule has 9 heteroatoms. The molecule has 2 aromatic heterocycles. The fourth-order valence-corrected chi connectivity index (χ4v) is 4.30. The zero-order chi connectivity index (χ0) is 22.5. The molecule has 2 aromatic carbocycles. The van der Waals surface area contributed by atoms with Gasteiger partial charge in [-0.3, -0.25) is 0 Å². The summed E-state index contributed by atoms with van der Waals surface area (Å²) in [4.78, 5) is 6.71. The number of benzene rings is 2. The van der Waals surface area contributed by atoms with Crippen LogP contribution in [-0.4, -0.2) is 38.0 Å². The van der Waals surface area contributed by atoms with E-state index in [0.29, 0.717) is 23.0 Å². The lowest BCUT2D eigenvalue weighted by Gasteiger charge is -2.21. The zero-order valence-corrected chi connectivity index (χ0v) is 19.1. The number of hydrogen-bond acceptors (Lipinski definition) is 7. The topological polar surface area (TPSA) is 72.9 Å². The van der Waals surface area contributed by atoms with Crippen LogP contribution in [0, 0.1) is 5.82 Å². The summed E-state index contributed by atoms with van der Waals surface area (Å²) in [6, 6.07) is 14.4. The van der Waals surface area contributed by atoms with Crippen molar-refractivity contribution in [2.75, 3.05) is 18.0 Å². The monoisotopic (exact) mass is 452 g/mol. The largest absolute Gasteiger partial charge is 0.372 e. The Morgan fingerprint density at radius 1 is 0.938 bits per heavy atom. The Hall–Kier alpha value is -3.20. The maximum Gasteiger partial charge on any atom is 0.237 e. The quantitative estimate of drug-likeness (QED) is 0.319. The Balaban J connectivity index is 1.47. The van der Waals surface area contributed by atoms with E-state index in [9.17, 15) is 4.39 Å². The fraction of sp³-hybridized carbons (Fsp3) is 0.304. The van der Waals surface area contributed by atoms with Crippen molar-refractivity contribution >= 4 is 17.4 Å². The molecule has 0 amide bonds. The minimum absolute atomic E-state index is 0.301. The number of aromatic nitrogens is 5. The van der Waals surface area contributed by atoms with Crippen LogP contribution in [-0.2, 0) is 12.3 Å². The summed E-state index contributed by atoms with van der Waals surface area (Å²) in [7, 11) is 0. The smallest absolute Gasteiger partial charge is 0.237 e. The van der Waals surface area contributed by atoms with Gasteiger partial charge in [-0.05, 0) is 69.3 Å². The van der Waals surface area contributed by atoms with Crippen molar-refractivity contribution in [2.45, 2.75) is 38.2 Å². The van der Waals surface area contributed by atoms with E-state index in [-0.39, 0.29) is 5.82 Å². The maximum atomic E-state index is 13.1. The van der Waals surface area contributed by atoms with Crippen LogP contribution in [0.15, 0.2) is 58.2 Å². The van der Waals surface area contributed by atoms with Crippen molar-refractivity contribution in [3.05, 3.63) is 60.2 Å². The molecular formula is C23H25FN6OS. The van der Waals surface area contributed by atoms with Crippen molar-refractivity contribution in [3.63, 3.8) is 0 Å². The van der Waals surface area contributed by atoms with Crippen molar-refractivity contribution in [3.8, 4) is 22.8 Å². The first-order chi connectivity index (χ1) is 15.6.